The van der Waals surface area contributed by atoms with Crippen molar-refractivity contribution in [3.8, 4) is 55.9 Å². The molecule has 0 radical (unpaired) electrons. The van der Waals surface area contributed by atoms with E-state index in [2.05, 4.69) is 228 Å². The molecule has 0 N–H and O–H groups in total. The Bertz CT molecular complexity index is 3200. The molecule has 0 aliphatic heterocycles. The van der Waals surface area contributed by atoms with Crippen LogP contribution >= 0.6 is 0 Å². The van der Waals surface area contributed by atoms with Gasteiger partial charge in [0.1, 0.15) is 0 Å². The largest absolute Gasteiger partial charge is 0.309 e. The van der Waals surface area contributed by atoms with Gasteiger partial charge in [0.15, 0.2) is 0 Å². The minimum Gasteiger partial charge on any atom is -0.309 e. The van der Waals surface area contributed by atoms with Crippen molar-refractivity contribution in [1.29, 1.82) is 0 Å². The first-order chi connectivity index (χ1) is 28.8. The third-order valence-corrected chi connectivity index (χ3v) is 11.4. The highest BCUT2D eigenvalue weighted by molar-refractivity contribution is 6.13. The third kappa shape index (κ3) is 5.98. The standard InChI is InChI=1S/C54H36N2.C2H6/c1-3-13-37(14-4-1)39-23-25-41(26-24-39)45-17-7-10-20-50(45)56-52-22-12-9-19-47(52)49-36-43(30-34-54(49)56)42-29-33-53-48(35-42)46-18-8-11-21-51(46)55(53)44-31-27-40(28-32-44)38-15-5-2-6-16-38;1-2/h1-36H;1-2H3. The second-order valence-corrected chi connectivity index (χ2v) is 14.5. The van der Waals surface area contributed by atoms with E-state index in [1.165, 1.54) is 93.8 Å². The maximum absolute atomic E-state index is 2.44. The van der Waals surface area contributed by atoms with E-state index in [1.54, 1.807) is 0 Å². The fraction of sp³-hybridized carbons (Fsp3) is 0.0357. The molecule has 0 unspecified atom stereocenters. The Morgan fingerprint density at radius 1 is 0.259 bits per heavy atom. The third-order valence-electron chi connectivity index (χ3n) is 11.4. The van der Waals surface area contributed by atoms with Gasteiger partial charge in [-0.3, -0.25) is 0 Å². The van der Waals surface area contributed by atoms with Crippen molar-refractivity contribution in [1.82, 2.24) is 9.13 Å². The van der Waals surface area contributed by atoms with Gasteiger partial charge in [-0.1, -0.05) is 178 Å². The van der Waals surface area contributed by atoms with Crippen LogP contribution in [0, 0.1) is 0 Å². The summed E-state index contributed by atoms with van der Waals surface area (Å²) >= 11 is 0. The molecule has 11 rings (SSSR count). The lowest BCUT2D eigenvalue weighted by molar-refractivity contribution is 1.18. The zero-order chi connectivity index (χ0) is 39.0. The lowest BCUT2D eigenvalue weighted by Crippen LogP contribution is -1.97. The Kier molecular flexibility index (Phi) is 9.01. The maximum Gasteiger partial charge on any atom is 0.0541 e. The first kappa shape index (κ1) is 35.0. The molecular formula is C56H42N2. The number of rotatable bonds is 6. The van der Waals surface area contributed by atoms with Crippen molar-refractivity contribution >= 4 is 43.6 Å². The first-order valence-corrected chi connectivity index (χ1v) is 20.3. The van der Waals surface area contributed by atoms with E-state index >= 15 is 0 Å². The zero-order valence-electron chi connectivity index (χ0n) is 32.7. The molecule has 0 fully saturated rings. The minimum absolute atomic E-state index is 1.16. The van der Waals surface area contributed by atoms with Crippen LogP contribution in [0.5, 0.6) is 0 Å². The van der Waals surface area contributed by atoms with Crippen LogP contribution in [0.2, 0.25) is 0 Å². The van der Waals surface area contributed by atoms with E-state index in [-0.39, 0.29) is 0 Å². The number of aromatic nitrogens is 2. The molecule has 11 aromatic rings. The molecule has 0 atom stereocenters. The van der Waals surface area contributed by atoms with Crippen LogP contribution in [0.15, 0.2) is 218 Å². The molecule has 58 heavy (non-hydrogen) atoms. The summed E-state index contributed by atoms with van der Waals surface area (Å²) in [7, 11) is 0. The van der Waals surface area contributed by atoms with Gasteiger partial charge in [-0.2, -0.15) is 0 Å². The predicted octanol–water partition coefficient (Wildman–Crippen LogP) is 15.6. The quantitative estimate of drug-likeness (QED) is 0.161. The maximum atomic E-state index is 2.44. The Balaban J connectivity index is 0.00000201. The summed E-state index contributed by atoms with van der Waals surface area (Å²) in [4.78, 5) is 0. The van der Waals surface area contributed by atoms with Crippen LogP contribution in [0.4, 0.5) is 0 Å². The molecule has 0 aliphatic carbocycles. The van der Waals surface area contributed by atoms with Gasteiger partial charge in [-0.15, -0.1) is 0 Å². The topological polar surface area (TPSA) is 9.86 Å². The van der Waals surface area contributed by atoms with E-state index < -0.39 is 0 Å². The van der Waals surface area contributed by atoms with Crippen molar-refractivity contribution in [2.45, 2.75) is 13.8 Å². The molecule has 0 saturated carbocycles. The highest BCUT2D eigenvalue weighted by Gasteiger charge is 2.18. The average Bonchev–Trinajstić information content (AvgIpc) is 3.82. The van der Waals surface area contributed by atoms with Gasteiger partial charge in [-0.05, 0) is 93.5 Å². The van der Waals surface area contributed by atoms with E-state index in [0.29, 0.717) is 0 Å². The summed E-state index contributed by atoms with van der Waals surface area (Å²) in [6.45, 7) is 4.00. The van der Waals surface area contributed by atoms with Crippen molar-refractivity contribution in [2.75, 3.05) is 0 Å². The molecule has 0 amide bonds. The Morgan fingerprint density at radius 2 is 0.638 bits per heavy atom. The summed E-state index contributed by atoms with van der Waals surface area (Å²) < 4.78 is 4.83. The predicted molar refractivity (Wildman–Crippen MR) is 248 cm³/mol. The normalized spacial score (nSPS) is 11.3. The van der Waals surface area contributed by atoms with Gasteiger partial charge < -0.3 is 9.13 Å². The summed E-state index contributed by atoms with van der Waals surface area (Å²) in [6, 6.07) is 79.3. The molecule has 0 aliphatic rings. The zero-order valence-corrected chi connectivity index (χ0v) is 32.7. The summed E-state index contributed by atoms with van der Waals surface area (Å²) in [5.41, 5.74) is 16.8. The average molecular weight is 743 g/mol. The molecule has 0 saturated heterocycles. The molecule has 2 heterocycles. The number of fused-ring (bicyclic) bond motifs is 6. The molecule has 0 spiro atoms. The van der Waals surface area contributed by atoms with Crippen LogP contribution in [0.1, 0.15) is 13.8 Å². The summed E-state index contributed by atoms with van der Waals surface area (Å²) in [5.74, 6) is 0. The van der Waals surface area contributed by atoms with E-state index in [9.17, 15) is 0 Å². The van der Waals surface area contributed by atoms with Crippen molar-refractivity contribution in [3.05, 3.63) is 218 Å². The van der Waals surface area contributed by atoms with Gasteiger partial charge in [0.2, 0.25) is 0 Å². The van der Waals surface area contributed by atoms with Crippen LogP contribution in [0.25, 0.3) is 99.5 Å². The second-order valence-electron chi connectivity index (χ2n) is 14.5. The first-order valence-electron chi connectivity index (χ1n) is 20.3. The van der Waals surface area contributed by atoms with Crippen LogP contribution in [-0.2, 0) is 0 Å². The fourth-order valence-corrected chi connectivity index (χ4v) is 8.66. The number of para-hydroxylation sites is 3. The number of hydrogen-bond acceptors (Lipinski definition) is 0. The molecule has 9 aromatic carbocycles. The smallest absolute Gasteiger partial charge is 0.0541 e. The van der Waals surface area contributed by atoms with Gasteiger partial charge >= 0.3 is 0 Å². The number of hydrogen-bond donors (Lipinski definition) is 0. The highest BCUT2D eigenvalue weighted by atomic mass is 15.0. The summed E-state index contributed by atoms with van der Waals surface area (Å²) in [6.07, 6.45) is 0. The molecule has 0 bridgehead atoms. The van der Waals surface area contributed by atoms with Crippen molar-refractivity contribution in [3.63, 3.8) is 0 Å². The lowest BCUT2D eigenvalue weighted by atomic mass is 9.99. The molecular weight excluding hydrogens is 701 g/mol. The Morgan fingerprint density at radius 3 is 1.21 bits per heavy atom. The van der Waals surface area contributed by atoms with Gasteiger partial charge in [0.25, 0.3) is 0 Å². The fourth-order valence-electron chi connectivity index (χ4n) is 8.66. The van der Waals surface area contributed by atoms with Gasteiger partial charge in [-0.25, -0.2) is 0 Å². The van der Waals surface area contributed by atoms with E-state index in [4.69, 9.17) is 0 Å². The molecule has 2 heteroatoms. The van der Waals surface area contributed by atoms with E-state index in [1.807, 2.05) is 13.8 Å². The SMILES string of the molecule is CC.c1ccc(-c2ccc(-c3ccccc3-n3c4ccccc4c4cc(-c5ccc6c(c5)c5ccccc5n6-c5ccc(-c6ccccc6)cc5)ccc43)cc2)cc1. The monoisotopic (exact) mass is 742 g/mol. The van der Waals surface area contributed by atoms with E-state index in [0.717, 1.165) is 5.69 Å². The lowest BCUT2D eigenvalue weighted by Gasteiger charge is -2.14. The van der Waals surface area contributed by atoms with Crippen LogP contribution in [0.3, 0.4) is 0 Å². The molecule has 2 nitrogen and oxygen atoms in total. The number of nitrogens with zero attached hydrogens (tertiary/aromatic N) is 2. The highest BCUT2D eigenvalue weighted by Crippen LogP contribution is 2.40. The van der Waals surface area contributed by atoms with Crippen molar-refractivity contribution in [2.24, 2.45) is 0 Å². The van der Waals surface area contributed by atoms with Crippen molar-refractivity contribution < 1.29 is 0 Å². The number of benzene rings is 9. The van der Waals surface area contributed by atoms with Crippen LogP contribution in [-0.4, -0.2) is 9.13 Å². The van der Waals surface area contributed by atoms with Gasteiger partial charge in [0.05, 0.1) is 27.8 Å². The Hall–Kier alpha value is -7.42. The second kappa shape index (κ2) is 14.9. The summed E-state index contributed by atoms with van der Waals surface area (Å²) in [5, 5.41) is 4.99. The Labute approximate surface area is 339 Å². The van der Waals surface area contributed by atoms with Gasteiger partial charge in [0, 0.05) is 32.8 Å². The van der Waals surface area contributed by atoms with Crippen LogP contribution < -0.4 is 0 Å². The molecule has 2 aromatic heterocycles. The minimum atomic E-state index is 1.16. The molecule has 276 valence electrons.